The van der Waals surface area contributed by atoms with E-state index in [4.69, 9.17) is 4.74 Å². The lowest BCUT2D eigenvalue weighted by atomic mass is 10.2. The highest BCUT2D eigenvalue weighted by molar-refractivity contribution is 5.94. The van der Waals surface area contributed by atoms with Gasteiger partial charge >= 0.3 is 6.09 Å². The summed E-state index contributed by atoms with van der Waals surface area (Å²) in [4.78, 5) is 28.1. The SMILES string of the molecule is O=C(OCc1ccccc1)N1CCCN(C(=O)c2ccc(F)cc2)CC1. The third kappa shape index (κ3) is 4.59. The van der Waals surface area contributed by atoms with Crippen LogP contribution in [0.25, 0.3) is 0 Å². The maximum Gasteiger partial charge on any atom is 0.410 e. The lowest BCUT2D eigenvalue weighted by Crippen LogP contribution is -2.37. The van der Waals surface area contributed by atoms with E-state index in [2.05, 4.69) is 0 Å². The molecule has 1 aliphatic rings. The topological polar surface area (TPSA) is 49.9 Å². The fraction of sp³-hybridized carbons (Fsp3) is 0.300. The van der Waals surface area contributed by atoms with Crippen LogP contribution in [-0.4, -0.2) is 48.0 Å². The maximum atomic E-state index is 13.0. The summed E-state index contributed by atoms with van der Waals surface area (Å²) < 4.78 is 18.4. The van der Waals surface area contributed by atoms with E-state index in [1.807, 2.05) is 30.3 Å². The number of rotatable bonds is 3. The highest BCUT2D eigenvalue weighted by Crippen LogP contribution is 2.12. The molecular weight excluding hydrogens is 335 g/mol. The smallest absolute Gasteiger partial charge is 0.410 e. The van der Waals surface area contributed by atoms with Gasteiger partial charge in [-0.15, -0.1) is 0 Å². The van der Waals surface area contributed by atoms with Gasteiger partial charge in [0.1, 0.15) is 12.4 Å². The molecule has 0 spiro atoms. The maximum absolute atomic E-state index is 13.0. The zero-order chi connectivity index (χ0) is 18.4. The number of benzene rings is 2. The van der Waals surface area contributed by atoms with E-state index in [0.717, 1.165) is 5.56 Å². The summed E-state index contributed by atoms with van der Waals surface area (Å²) in [5.41, 5.74) is 1.38. The second kappa shape index (κ2) is 8.47. The number of carbonyl (C=O) groups is 2. The molecule has 2 aromatic carbocycles. The molecule has 3 rings (SSSR count). The third-order valence-electron chi connectivity index (χ3n) is 4.34. The average molecular weight is 356 g/mol. The highest BCUT2D eigenvalue weighted by Gasteiger charge is 2.23. The summed E-state index contributed by atoms with van der Waals surface area (Å²) in [7, 11) is 0. The second-order valence-electron chi connectivity index (χ2n) is 6.18. The van der Waals surface area contributed by atoms with Crippen LogP contribution in [0.3, 0.4) is 0 Å². The number of amides is 2. The van der Waals surface area contributed by atoms with Gasteiger partial charge in [-0.2, -0.15) is 0 Å². The van der Waals surface area contributed by atoms with Crippen molar-refractivity contribution in [1.29, 1.82) is 0 Å². The zero-order valence-electron chi connectivity index (χ0n) is 14.4. The molecular formula is C20H21FN2O3. The van der Waals surface area contributed by atoms with E-state index in [9.17, 15) is 14.0 Å². The van der Waals surface area contributed by atoms with Crippen LogP contribution in [0.1, 0.15) is 22.3 Å². The Balaban J connectivity index is 1.53. The van der Waals surface area contributed by atoms with Gasteiger partial charge in [-0.25, -0.2) is 9.18 Å². The summed E-state index contributed by atoms with van der Waals surface area (Å²) in [6.07, 6.45) is 0.304. The van der Waals surface area contributed by atoms with Crippen molar-refractivity contribution in [3.05, 3.63) is 71.5 Å². The van der Waals surface area contributed by atoms with Crippen LogP contribution in [0.15, 0.2) is 54.6 Å². The molecule has 5 nitrogen and oxygen atoms in total. The quantitative estimate of drug-likeness (QED) is 0.848. The van der Waals surface area contributed by atoms with Crippen LogP contribution >= 0.6 is 0 Å². The van der Waals surface area contributed by atoms with Gasteiger partial charge in [0.15, 0.2) is 0 Å². The summed E-state index contributed by atoms with van der Waals surface area (Å²) in [6.45, 7) is 2.17. The molecule has 0 saturated carbocycles. The predicted octanol–water partition coefficient (Wildman–Crippen LogP) is 3.31. The van der Waals surface area contributed by atoms with Gasteiger partial charge in [0.05, 0.1) is 0 Å². The first-order valence-corrected chi connectivity index (χ1v) is 8.64. The molecule has 1 heterocycles. The number of ether oxygens (including phenoxy) is 1. The van der Waals surface area contributed by atoms with Crippen LogP contribution < -0.4 is 0 Å². The Kier molecular flexibility index (Phi) is 5.84. The number of carbonyl (C=O) groups excluding carboxylic acids is 2. The van der Waals surface area contributed by atoms with Crippen molar-refractivity contribution in [1.82, 2.24) is 9.80 Å². The lowest BCUT2D eigenvalue weighted by Gasteiger charge is -2.22. The van der Waals surface area contributed by atoms with Crippen molar-refractivity contribution in [3.8, 4) is 0 Å². The first-order valence-electron chi connectivity index (χ1n) is 8.64. The standard InChI is InChI=1S/C20H21FN2O3/c21-18-9-7-17(8-10-18)19(24)22-11-4-12-23(14-13-22)20(25)26-15-16-5-2-1-3-6-16/h1-3,5-10H,4,11-15H2. The van der Waals surface area contributed by atoms with Crippen LogP contribution in [0.4, 0.5) is 9.18 Å². The number of hydrogen-bond acceptors (Lipinski definition) is 3. The number of nitrogens with zero attached hydrogens (tertiary/aromatic N) is 2. The van der Waals surface area contributed by atoms with Gasteiger partial charge in [0.2, 0.25) is 0 Å². The molecule has 2 aromatic rings. The van der Waals surface area contributed by atoms with Gasteiger partial charge in [-0.1, -0.05) is 30.3 Å². The van der Waals surface area contributed by atoms with Gasteiger partial charge in [-0.05, 0) is 36.2 Å². The minimum Gasteiger partial charge on any atom is -0.445 e. The van der Waals surface area contributed by atoms with E-state index >= 15 is 0 Å². The second-order valence-corrected chi connectivity index (χ2v) is 6.18. The van der Waals surface area contributed by atoms with Crippen molar-refractivity contribution >= 4 is 12.0 Å². The van der Waals surface area contributed by atoms with E-state index in [1.165, 1.54) is 24.3 Å². The number of hydrogen-bond donors (Lipinski definition) is 0. The van der Waals surface area contributed by atoms with Gasteiger partial charge in [0, 0.05) is 31.7 Å². The Morgan fingerprint density at radius 2 is 1.54 bits per heavy atom. The van der Waals surface area contributed by atoms with Crippen LogP contribution in [0.2, 0.25) is 0 Å². The first-order chi connectivity index (χ1) is 12.6. The molecule has 0 N–H and O–H groups in total. The Bertz CT molecular complexity index is 749. The van der Waals surface area contributed by atoms with E-state index in [0.29, 0.717) is 38.2 Å². The highest BCUT2D eigenvalue weighted by atomic mass is 19.1. The van der Waals surface area contributed by atoms with Gasteiger partial charge in [0.25, 0.3) is 5.91 Å². The van der Waals surface area contributed by atoms with Crippen molar-refractivity contribution in [2.24, 2.45) is 0 Å². The van der Waals surface area contributed by atoms with Gasteiger partial charge in [-0.3, -0.25) is 4.79 Å². The van der Waals surface area contributed by atoms with Gasteiger partial charge < -0.3 is 14.5 Å². The van der Waals surface area contributed by atoms with E-state index < -0.39 is 0 Å². The van der Waals surface area contributed by atoms with Crippen molar-refractivity contribution in [2.45, 2.75) is 13.0 Å². The molecule has 2 amide bonds. The molecule has 136 valence electrons. The van der Waals surface area contributed by atoms with E-state index in [-0.39, 0.29) is 24.4 Å². The van der Waals surface area contributed by atoms with Crippen LogP contribution in [-0.2, 0) is 11.3 Å². The molecule has 0 bridgehead atoms. The van der Waals surface area contributed by atoms with Crippen LogP contribution in [0.5, 0.6) is 0 Å². The predicted molar refractivity (Wildman–Crippen MR) is 95.1 cm³/mol. The minimum atomic E-state index is -0.371. The Morgan fingerprint density at radius 3 is 2.27 bits per heavy atom. The largest absolute Gasteiger partial charge is 0.445 e. The third-order valence-corrected chi connectivity index (χ3v) is 4.34. The monoisotopic (exact) mass is 356 g/mol. The lowest BCUT2D eigenvalue weighted by molar-refractivity contribution is 0.0749. The molecule has 26 heavy (non-hydrogen) atoms. The van der Waals surface area contributed by atoms with Crippen molar-refractivity contribution in [2.75, 3.05) is 26.2 Å². The fourth-order valence-corrected chi connectivity index (χ4v) is 2.89. The average Bonchev–Trinajstić information content (AvgIpc) is 2.93. The summed E-state index contributed by atoms with van der Waals surface area (Å²) >= 11 is 0. The molecule has 0 radical (unpaired) electrons. The number of halogens is 1. The molecule has 6 heteroatoms. The Morgan fingerprint density at radius 1 is 0.885 bits per heavy atom. The molecule has 1 fully saturated rings. The van der Waals surface area contributed by atoms with E-state index in [1.54, 1.807) is 9.80 Å². The molecule has 1 aliphatic heterocycles. The Hall–Kier alpha value is -2.89. The minimum absolute atomic E-state index is 0.149. The molecule has 0 unspecified atom stereocenters. The molecule has 0 aliphatic carbocycles. The zero-order valence-corrected chi connectivity index (χ0v) is 14.4. The Labute approximate surface area is 152 Å². The summed E-state index contributed by atoms with van der Waals surface area (Å²) in [6, 6.07) is 15.0. The molecule has 1 saturated heterocycles. The molecule has 0 aromatic heterocycles. The van der Waals surface area contributed by atoms with Crippen molar-refractivity contribution < 1.29 is 18.7 Å². The fourth-order valence-electron chi connectivity index (χ4n) is 2.89. The summed E-state index contributed by atoms with van der Waals surface area (Å²) in [5, 5.41) is 0. The van der Waals surface area contributed by atoms with Crippen LogP contribution in [0, 0.1) is 5.82 Å². The normalized spacial score (nSPS) is 14.7. The first kappa shape index (κ1) is 17.9. The molecule has 0 atom stereocenters. The summed E-state index contributed by atoms with van der Waals surface area (Å²) in [5.74, 6) is -0.519. The van der Waals surface area contributed by atoms with Crippen molar-refractivity contribution in [3.63, 3.8) is 0 Å².